The van der Waals surface area contributed by atoms with Crippen LogP contribution in [0.1, 0.15) is 23.8 Å². The van der Waals surface area contributed by atoms with Crippen LogP contribution < -0.4 is 10.6 Å². The standard InChI is InChI=1S/C15H16N2O2S/c18-15(16-10-11-4-3-8-19-11)17-13-7-9-20-14-6-2-1-5-12(13)14/h1-6,8,13H,7,9-10H2,(H2,16,17,18). The van der Waals surface area contributed by atoms with E-state index in [0.29, 0.717) is 6.54 Å². The molecule has 20 heavy (non-hydrogen) atoms. The summed E-state index contributed by atoms with van der Waals surface area (Å²) in [6, 6.07) is 11.8. The minimum absolute atomic E-state index is 0.0871. The van der Waals surface area contributed by atoms with E-state index in [4.69, 9.17) is 4.42 Å². The van der Waals surface area contributed by atoms with Gasteiger partial charge in [0.05, 0.1) is 18.8 Å². The quantitative estimate of drug-likeness (QED) is 0.911. The van der Waals surface area contributed by atoms with E-state index in [0.717, 1.165) is 17.9 Å². The van der Waals surface area contributed by atoms with Gasteiger partial charge < -0.3 is 15.1 Å². The van der Waals surface area contributed by atoms with Crippen LogP contribution in [0.15, 0.2) is 52.0 Å². The third-order valence-corrected chi connectivity index (χ3v) is 4.39. The molecule has 2 heterocycles. The predicted octanol–water partition coefficient (Wildman–Crippen LogP) is 3.32. The van der Waals surface area contributed by atoms with E-state index in [1.54, 1.807) is 6.26 Å². The molecule has 1 atom stereocenters. The van der Waals surface area contributed by atoms with Gasteiger partial charge >= 0.3 is 6.03 Å². The van der Waals surface area contributed by atoms with E-state index in [1.807, 2.05) is 36.0 Å². The zero-order valence-corrected chi connectivity index (χ0v) is 11.8. The van der Waals surface area contributed by atoms with Crippen LogP contribution in [-0.2, 0) is 6.54 Å². The number of amides is 2. The highest BCUT2D eigenvalue weighted by molar-refractivity contribution is 7.99. The number of rotatable bonds is 3. The largest absolute Gasteiger partial charge is 0.467 e. The van der Waals surface area contributed by atoms with Crippen molar-refractivity contribution in [1.82, 2.24) is 10.6 Å². The molecular formula is C15H16N2O2S. The molecule has 1 aromatic heterocycles. The summed E-state index contributed by atoms with van der Waals surface area (Å²) in [5.41, 5.74) is 1.21. The number of furan rings is 1. The van der Waals surface area contributed by atoms with Gasteiger partial charge in [0.1, 0.15) is 5.76 Å². The van der Waals surface area contributed by atoms with E-state index >= 15 is 0 Å². The molecule has 1 aromatic carbocycles. The lowest BCUT2D eigenvalue weighted by Crippen LogP contribution is -2.38. The van der Waals surface area contributed by atoms with Crippen molar-refractivity contribution in [1.29, 1.82) is 0 Å². The molecule has 0 radical (unpaired) electrons. The molecule has 1 aliphatic heterocycles. The third kappa shape index (κ3) is 2.99. The van der Waals surface area contributed by atoms with Gasteiger partial charge in [0.25, 0.3) is 0 Å². The maximum atomic E-state index is 11.9. The number of benzene rings is 1. The normalized spacial score (nSPS) is 17.3. The van der Waals surface area contributed by atoms with Crippen molar-refractivity contribution >= 4 is 17.8 Å². The molecule has 5 heteroatoms. The molecule has 1 unspecified atom stereocenters. The Kier molecular flexibility index (Phi) is 3.97. The fourth-order valence-corrected chi connectivity index (χ4v) is 3.41. The Morgan fingerprint density at radius 1 is 1.30 bits per heavy atom. The van der Waals surface area contributed by atoms with E-state index < -0.39 is 0 Å². The average Bonchev–Trinajstić information content (AvgIpc) is 2.99. The maximum Gasteiger partial charge on any atom is 0.315 e. The summed E-state index contributed by atoms with van der Waals surface area (Å²) >= 11 is 1.84. The number of nitrogens with one attached hydrogen (secondary N) is 2. The summed E-state index contributed by atoms with van der Waals surface area (Å²) in [5.74, 6) is 1.78. The van der Waals surface area contributed by atoms with Crippen LogP contribution in [0.5, 0.6) is 0 Å². The molecule has 3 rings (SSSR count). The summed E-state index contributed by atoms with van der Waals surface area (Å²) < 4.78 is 5.18. The van der Waals surface area contributed by atoms with Crippen molar-refractivity contribution in [2.45, 2.75) is 23.9 Å². The first-order chi connectivity index (χ1) is 9.83. The minimum Gasteiger partial charge on any atom is -0.467 e. The van der Waals surface area contributed by atoms with Crippen LogP contribution in [0.3, 0.4) is 0 Å². The molecule has 1 aliphatic rings. The number of carbonyl (C=O) groups is 1. The molecule has 2 N–H and O–H groups in total. The minimum atomic E-state index is -0.159. The first kappa shape index (κ1) is 13.1. The highest BCUT2D eigenvalue weighted by Crippen LogP contribution is 2.35. The van der Waals surface area contributed by atoms with Crippen molar-refractivity contribution in [2.75, 3.05) is 5.75 Å². The highest BCUT2D eigenvalue weighted by atomic mass is 32.2. The molecule has 104 valence electrons. The number of thioether (sulfide) groups is 1. The summed E-state index contributed by atoms with van der Waals surface area (Å²) in [4.78, 5) is 13.2. The summed E-state index contributed by atoms with van der Waals surface area (Å²) in [6.07, 6.45) is 2.55. The van der Waals surface area contributed by atoms with Gasteiger partial charge in [-0.05, 0) is 30.2 Å². The predicted molar refractivity (Wildman–Crippen MR) is 78.6 cm³/mol. The van der Waals surface area contributed by atoms with Crippen LogP contribution in [-0.4, -0.2) is 11.8 Å². The van der Waals surface area contributed by atoms with Crippen LogP contribution >= 0.6 is 11.8 Å². The van der Waals surface area contributed by atoms with E-state index in [9.17, 15) is 4.79 Å². The highest BCUT2D eigenvalue weighted by Gasteiger charge is 2.21. The monoisotopic (exact) mass is 288 g/mol. The molecule has 0 spiro atoms. The Bertz CT molecular complexity index is 583. The Labute approximate surface area is 121 Å². The third-order valence-electron chi connectivity index (χ3n) is 3.27. The molecule has 4 nitrogen and oxygen atoms in total. The van der Waals surface area contributed by atoms with Crippen LogP contribution in [0.25, 0.3) is 0 Å². The molecule has 0 bridgehead atoms. The molecule has 0 aliphatic carbocycles. The van der Waals surface area contributed by atoms with Crippen molar-refractivity contribution in [3.8, 4) is 0 Å². The van der Waals surface area contributed by atoms with Crippen LogP contribution in [0.4, 0.5) is 4.79 Å². The van der Waals surface area contributed by atoms with Crippen molar-refractivity contribution in [3.63, 3.8) is 0 Å². The number of hydrogen-bond donors (Lipinski definition) is 2. The van der Waals surface area contributed by atoms with Gasteiger partial charge in [-0.1, -0.05) is 18.2 Å². The summed E-state index contributed by atoms with van der Waals surface area (Å²) in [5, 5.41) is 5.85. The number of fused-ring (bicyclic) bond motifs is 1. The fourth-order valence-electron chi connectivity index (χ4n) is 2.28. The van der Waals surface area contributed by atoms with Gasteiger partial charge in [-0.2, -0.15) is 0 Å². The molecule has 0 saturated heterocycles. The maximum absolute atomic E-state index is 11.9. The Hall–Kier alpha value is -1.88. The molecule has 0 fully saturated rings. The molecule has 2 aromatic rings. The number of carbonyl (C=O) groups excluding carboxylic acids is 1. The van der Waals surface area contributed by atoms with E-state index in [2.05, 4.69) is 22.8 Å². The van der Waals surface area contributed by atoms with Crippen LogP contribution in [0, 0.1) is 0 Å². The number of hydrogen-bond acceptors (Lipinski definition) is 3. The Morgan fingerprint density at radius 2 is 2.20 bits per heavy atom. The lowest BCUT2D eigenvalue weighted by Gasteiger charge is -2.25. The van der Waals surface area contributed by atoms with Crippen molar-refractivity contribution < 1.29 is 9.21 Å². The zero-order valence-electron chi connectivity index (χ0n) is 11.0. The first-order valence-corrected chi connectivity index (χ1v) is 7.60. The first-order valence-electron chi connectivity index (χ1n) is 6.61. The SMILES string of the molecule is O=C(NCc1ccco1)NC1CCSc2ccccc21. The van der Waals surface area contributed by atoms with Crippen LogP contribution in [0.2, 0.25) is 0 Å². The molecule has 2 amide bonds. The topological polar surface area (TPSA) is 54.3 Å². The van der Waals surface area contributed by atoms with Gasteiger partial charge in [0.15, 0.2) is 0 Å². The lowest BCUT2D eigenvalue weighted by molar-refractivity contribution is 0.235. The summed E-state index contributed by atoms with van der Waals surface area (Å²) in [6.45, 7) is 0.405. The average molecular weight is 288 g/mol. The fraction of sp³-hybridized carbons (Fsp3) is 0.267. The number of urea groups is 1. The van der Waals surface area contributed by atoms with E-state index in [1.165, 1.54) is 10.5 Å². The second kappa shape index (κ2) is 6.05. The second-order valence-electron chi connectivity index (χ2n) is 4.63. The van der Waals surface area contributed by atoms with Gasteiger partial charge in [-0.15, -0.1) is 11.8 Å². The van der Waals surface area contributed by atoms with E-state index in [-0.39, 0.29) is 12.1 Å². The smallest absolute Gasteiger partial charge is 0.315 e. The van der Waals surface area contributed by atoms with Crippen molar-refractivity contribution in [3.05, 3.63) is 54.0 Å². The Morgan fingerprint density at radius 3 is 3.05 bits per heavy atom. The summed E-state index contributed by atoms with van der Waals surface area (Å²) in [7, 11) is 0. The van der Waals surface area contributed by atoms with Gasteiger partial charge in [0.2, 0.25) is 0 Å². The Balaban J connectivity index is 1.59. The zero-order chi connectivity index (χ0) is 13.8. The lowest BCUT2D eigenvalue weighted by atomic mass is 10.0. The molecule has 0 saturated carbocycles. The molecular weight excluding hydrogens is 272 g/mol. The van der Waals surface area contributed by atoms with Crippen molar-refractivity contribution in [2.24, 2.45) is 0 Å². The van der Waals surface area contributed by atoms with Gasteiger partial charge in [-0.3, -0.25) is 0 Å². The second-order valence-corrected chi connectivity index (χ2v) is 5.77. The van der Waals surface area contributed by atoms with Gasteiger partial charge in [0, 0.05) is 10.6 Å². The van der Waals surface area contributed by atoms with Gasteiger partial charge in [-0.25, -0.2) is 4.79 Å².